The molecule has 2 rings (SSSR count). The Hall–Kier alpha value is -1.81. The molecule has 1 saturated carbocycles. The topological polar surface area (TPSA) is 55.8 Å². The molecule has 0 aromatic heterocycles. The Labute approximate surface area is 119 Å². The van der Waals surface area contributed by atoms with Crippen molar-refractivity contribution < 1.29 is 19.4 Å². The van der Waals surface area contributed by atoms with Gasteiger partial charge >= 0.3 is 5.97 Å². The highest BCUT2D eigenvalue weighted by Crippen LogP contribution is 2.25. The molecule has 0 aliphatic heterocycles. The molecule has 2 atom stereocenters. The molecule has 1 aliphatic carbocycles. The lowest BCUT2D eigenvalue weighted by atomic mass is 9.95. The predicted octanol–water partition coefficient (Wildman–Crippen LogP) is 3.12. The van der Waals surface area contributed by atoms with Crippen LogP contribution in [0.1, 0.15) is 31.2 Å². The first kappa shape index (κ1) is 14.6. The van der Waals surface area contributed by atoms with Crippen molar-refractivity contribution in [1.82, 2.24) is 0 Å². The maximum absolute atomic E-state index is 10.4. The van der Waals surface area contributed by atoms with Crippen LogP contribution in [0.15, 0.2) is 30.3 Å². The van der Waals surface area contributed by atoms with Crippen molar-refractivity contribution in [2.24, 2.45) is 0 Å². The number of methoxy groups -OCH3 is 1. The first-order chi connectivity index (χ1) is 9.67. The van der Waals surface area contributed by atoms with E-state index < -0.39 is 5.97 Å². The molecule has 0 radical (unpaired) electrons. The standard InChI is InChI=1S/C16H20O4/c1-19-14-3-2-4-15(11-14)20-13-8-5-12(6-9-13)7-10-16(17)18/h5-10,14-15H,2-4,11H2,1H3,(H,17,18). The van der Waals surface area contributed by atoms with Crippen LogP contribution in [0.25, 0.3) is 6.08 Å². The third-order valence-corrected chi connectivity index (χ3v) is 3.51. The van der Waals surface area contributed by atoms with Crippen molar-refractivity contribution in [3.63, 3.8) is 0 Å². The van der Waals surface area contributed by atoms with Crippen molar-refractivity contribution in [2.75, 3.05) is 7.11 Å². The first-order valence-electron chi connectivity index (χ1n) is 6.88. The minimum atomic E-state index is -0.946. The normalized spacial score (nSPS) is 22.9. The van der Waals surface area contributed by atoms with Crippen molar-refractivity contribution >= 4 is 12.0 Å². The number of rotatable bonds is 5. The van der Waals surface area contributed by atoms with E-state index in [4.69, 9.17) is 14.6 Å². The fraction of sp³-hybridized carbons (Fsp3) is 0.438. The first-order valence-corrected chi connectivity index (χ1v) is 6.88. The molecule has 0 spiro atoms. The van der Waals surface area contributed by atoms with Gasteiger partial charge in [0.25, 0.3) is 0 Å². The van der Waals surface area contributed by atoms with Gasteiger partial charge in [-0.05, 0) is 43.0 Å². The summed E-state index contributed by atoms with van der Waals surface area (Å²) in [5.41, 5.74) is 0.846. The monoisotopic (exact) mass is 276 g/mol. The summed E-state index contributed by atoms with van der Waals surface area (Å²) >= 11 is 0. The van der Waals surface area contributed by atoms with E-state index in [-0.39, 0.29) is 6.10 Å². The van der Waals surface area contributed by atoms with Crippen molar-refractivity contribution in [1.29, 1.82) is 0 Å². The zero-order valence-electron chi connectivity index (χ0n) is 11.6. The molecule has 4 nitrogen and oxygen atoms in total. The predicted molar refractivity (Wildman–Crippen MR) is 76.8 cm³/mol. The van der Waals surface area contributed by atoms with Gasteiger partial charge in [0.1, 0.15) is 11.9 Å². The number of benzene rings is 1. The molecule has 1 aromatic rings. The molecule has 2 unspecified atom stereocenters. The SMILES string of the molecule is COC1CCCC(Oc2ccc(C=CC(=O)O)cc2)C1. The molecule has 0 bridgehead atoms. The summed E-state index contributed by atoms with van der Waals surface area (Å²) in [6.45, 7) is 0. The summed E-state index contributed by atoms with van der Waals surface area (Å²) in [6.07, 6.45) is 7.41. The molecule has 20 heavy (non-hydrogen) atoms. The molecule has 0 saturated heterocycles. The van der Waals surface area contributed by atoms with Gasteiger partial charge in [-0.15, -0.1) is 0 Å². The van der Waals surface area contributed by atoms with Crippen LogP contribution in [0, 0.1) is 0 Å². The van der Waals surface area contributed by atoms with Gasteiger partial charge in [-0.25, -0.2) is 4.79 Å². The lowest BCUT2D eigenvalue weighted by molar-refractivity contribution is -0.131. The zero-order valence-corrected chi connectivity index (χ0v) is 11.6. The van der Waals surface area contributed by atoms with E-state index in [9.17, 15) is 4.79 Å². The Bertz CT molecular complexity index is 464. The highest BCUT2D eigenvalue weighted by molar-refractivity contribution is 5.85. The lowest BCUT2D eigenvalue weighted by Gasteiger charge is -2.28. The van der Waals surface area contributed by atoms with Gasteiger partial charge in [-0.3, -0.25) is 0 Å². The smallest absolute Gasteiger partial charge is 0.328 e. The second kappa shape index (κ2) is 7.10. The van der Waals surface area contributed by atoms with Gasteiger partial charge in [0.05, 0.1) is 6.10 Å². The summed E-state index contributed by atoms with van der Waals surface area (Å²) in [5, 5.41) is 8.57. The average Bonchev–Trinajstić information content (AvgIpc) is 2.47. The summed E-state index contributed by atoms with van der Waals surface area (Å²) in [4.78, 5) is 10.4. The van der Waals surface area contributed by atoms with Crippen LogP contribution in [0.4, 0.5) is 0 Å². The third-order valence-electron chi connectivity index (χ3n) is 3.51. The van der Waals surface area contributed by atoms with E-state index in [0.717, 1.165) is 43.1 Å². The number of hydrogen-bond donors (Lipinski definition) is 1. The zero-order chi connectivity index (χ0) is 14.4. The second-order valence-electron chi connectivity index (χ2n) is 5.00. The number of aliphatic carboxylic acids is 1. The van der Waals surface area contributed by atoms with Crippen LogP contribution in [0.5, 0.6) is 5.75 Å². The highest BCUT2D eigenvalue weighted by Gasteiger charge is 2.22. The van der Waals surface area contributed by atoms with Crippen molar-refractivity contribution in [3.8, 4) is 5.75 Å². The molecule has 1 aliphatic rings. The number of ether oxygens (including phenoxy) is 2. The Morgan fingerprint density at radius 2 is 1.95 bits per heavy atom. The Kier molecular flexibility index (Phi) is 5.18. The largest absolute Gasteiger partial charge is 0.490 e. The quantitative estimate of drug-likeness (QED) is 0.839. The van der Waals surface area contributed by atoms with Gasteiger partial charge < -0.3 is 14.6 Å². The fourth-order valence-electron chi connectivity index (χ4n) is 2.44. The molecular formula is C16H20O4. The van der Waals surface area contributed by atoms with E-state index in [2.05, 4.69) is 0 Å². The van der Waals surface area contributed by atoms with Gasteiger partial charge in [-0.2, -0.15) is 0 Å². The van der Waals surface area contributed by atoms with E-state index in [0.29, 0.717) is 6.10 Å². The molecule has 0 amide bonds. The van der Waals surface area contributed by atoms with E-state index in [1.807, 2.05) is 24.3 Å². The summed E-state index contributed by atoms with van der Waals surface area (Å²) in [5.74, 6) is -0.127. The fourth-order valence-corrected chi connectivity index (χ4v) is 2.44. The number of carboxylic acids is 1. The second-order valence-corrected chi connectivity index (χ2v) is 5.00. The molecule has 1 N–H and O–H groups in total. The van der Waals surface area contributed by atoms with Gasteiger partial charge in [0, 0.05) is 19.6 Å². The third kappa shape index (κ3) is 4.38. The number of carboxylic acid groups (broad SMARTS) is 1. The molecular weight excluding hydrogens is 256 g/mol. The van der Waals surface area contributed by atoms with Gasteiger partial charge in [0.15, 0.2) is 0 Å². The maximum Gasteiger partial charge on any atom is 0.328 e. The van der Waals surface area contributed by atoms with E-state index in [1.165, 1.54) is 0 Å². The van der Waals surface area contributed by atoms with Crippen LogP contribution in [-0.4, -0.2) is 30.4 Å². The average molecular weight is 276 g/mol. The number of hydrogen-bond acceptors (Lipinski definition) is 3. The van der Waals surface area contributed by atoms with Crippen LogP contribution >= 0.6 is 0 Å². The Morgan fingerprint density at radius 1 is 1.25 bits per heavy atom. The lowest BCUT2D eigenvalue weighted by Crippen LogP contribution is -2.29. The molecule has 4 heteroatoms. The summed E-state index contributed by atoms with van der Waals surface area (Å²) in [7, 11) is 1.75. The van der Waals surface area contributed by atoms with E-state index in [1.54, 1.807) is 13.2 Å². The summed E-state index contributed by atoms with van der Waals surface area (Å²) in [6, 6.07) is 7.45. The Morgan fingerprint density at radius 3 is 2.60 bits per heavy atom. The van der Waals surface area contributed by atoms with Crippen LogP contribution in [-0.2, 0) is 9.53 Å². The van der Waals surface area contributed by atoms with E-state index >= 15 is 0 Å². The molecule has 0 heterocycles. The molecule has 1 aromatic carbocycles. The van der Waals surface area contributed by atoms with Crippen molar-refractivity contribution in [3.05, 3.63) is 35.9 Å². The van der Waals surface area contributed by atoms with Crippen LogP contribution < -0.4 is 4.74 Å². The van der Waals surface area contributed by atoms with Gasteiger partial charge in [-0.1, -0.05) is 12.1 Å². The van der Waals surface area contributed by atoms with Crippen LogP contribution in [0.2, 0.25) is 0 Å². The number of carbonyl (C=O) groups is 1. The Balaban J connectivity index is 1.91. The molecule has 108 valence electrons. The van der Waals surface area contributed by atoms with Crippen LogP contribution in [0.3, 0.4) is 0 Å². The summed E-state index contributed by atoms with van der Waals surface area (Å²) < 4.78 is 11.3. The highest BCUT2D eigenvalue weighted by atomic mass is 16.5. The van der Waals surface area contributed by atoms with Crippen molar-refractivity contribution in [2.45, 2.75) is 37.9 Å². The van der Waals surface area contributed by atoms with Gasteiger partial charge in [0.2, 0.25) is 0 Å². The minimum Gasteiger partial charge on any atom is -0.490 e. The minimum absolute atomic E-state index is 0.203. The maximum atomic E-state index is 10.4. The molecule has 1 fully saturated rings.